The number of rotatable bonds is 7. The first-order valence-corrected chi connectivity index (χ1v) is 6.73. The Kier molecular flexibility index (Phi) is 6.73. The Morgan fingerprint density at radius 2 is 2.35 bits per heavy atom. The summed E-state index contributed by atoms with van der Waals surface area (Å²) in [7, 11) is 0. The van der Waals surface area contributed by atoms with E-state index < -0.39 is 0 Å². The standard InChI is InChI=1S/C14H24N2O/c1-3-5-6-7-8-14(17)16(11-4-2)13-9-10-15-12-13/h1,13,15H,4-12H2,2H3. The minimum absolute atomic E-state index is 0.303. The van der Waals surface area contributed by atoms with Gasteiger partial charge in [-0.3, -0.25) is 4.79 Å². The largest absolute Gasteiger partial charge is 0.338 e. The van der Waals surface area contributed by atoms with Crippen LogP contribution in [0.25, 0.3) is 0 Å². The Morgan fingerprint density at radius 3 is 2.94 bits per heavy atom. The SMILES string of the molecule is C#CCCCCC(=O)N(CCC)C1CCNC1. The number of amides is 1. The van der Waals surface area contributed by atoms with Crippen molar-refractivity contribution in [3.05, 3.63) is 0 Å². The van der Waals surface area contributed by atoms with Gasteiger partial charge in [-0.1, -0.05) is 6.92 Å². The Morgan fingerprint density at radius 1 is 1.53 bits per heavy atom. The number of nitrogens with one attached hydrogen (secondary N) is 1. The van der Waals surface area contributed by atoms with Crippen LogP contribution < -0.4 is 5.32 Å². The average molecular weight is 236 g/mol. The molecule has 96 valence electrons. The second kappa shape index (κ2) is 8.14. The summed E-state index contributed by atoms with van der Waals surface area (Å²) in [6, 6.07) is 0.412. The van der Waals surface area contributed by atoms with E-state index in [0.29, 0.717) is 18.4 Å². The lowest BCUT2D eigenvalue weighted by Crippen LogP contribution is -2.41. The second-order valence-electron chi connectivity index (χ2n) is 4.64. The molecule has 3 heteroatoms. The quantitative estimate of drug-likeness (QED) is 0.540. The van der Waals surface area contributed by atoms with Gasteiger partial charge in [0.15, 0.2) is 0 Å². The maximum absolute atomic E-state index is 12.1. The summed E-state index contributed by atoms with van der Waals surface area (Å²) in [5.41, 5.74) is 0. The first-order chi connectivity index (χ1) is 8.29. The molecular formula is C14H24N2O. The van der Waals surface area contributed by atoms with Gasteiger partial charge in [-0.2, -0.15) is 0 Å². The number of carbonyl (C=O) groups excluding carboxylic acids is 1. The van der Waals surface area contributed by atoms with Gasteiger partial charge in [-0.25, -0.2) is 0 Å². The smallest absolute Gasteiger partial charge is 0.222 e. The monoisotopic (exact) mass is 236 g/mol. The van der Waals surface area contributed by atoms with Crippen LogP contribution in [-0.4, -0.2) is 36.5 Å². The molecule has 0 spiro atoms. The summed E-state index contributed by atoms with van der Waals surface area (Å²) in [6.45, 7) is 5.01. The van der Waals surface area contributed by atoms with Crippen LogP contribution in [0.5, 0.6) is 0 Å². The van der Waals surface area contributed by atoms with Crippen LogP contribution in [0.4, 0.5) is 0 Å². The van der Waals surface area contributed by atoms with Gasteiger partial charge in [-0.05, 0) is 32.2 Å². The van der Waals surface area contributed by atoms with Crippen molar-refractivity contribution < 1.29 is 4.79 Å². The van der Waals surface area contributed by atoms with E-state index in [2.05, 4.69) is 23.1 Å². The zero-order valence-electron chi connectivity index (χ0n) is 10.9. The fourth-order valence-corrected chi connectivity index (χ4v) is 2.30. The van der Waals surface area contributed by atoms with Gasteiger partial charge < -0.3 is 10.2 Å². The minimum Gasteiger partial charge on any atom is -0.338 e. The molecule has 0 radical (unpaired) electrons. The van der Waals surface area contributed by atoms with Gasteiger partial charge in [0, 0.05) is 32.0 Å². The van der Waals surface area contributed by atoms with Crippen LogP contribution in [0.3, 0.4) is 0 Å². The summed E-state index contributed by atoms with van der Waals surface area (Å²) >= 11 is 0. The lowest BCUT2D eigenvalue weighted by molar-refractivity contribution is -0.133. The Labute approximate surface area is 105 Å². The number of unbranched alkanes of at least 4 members (excludes halogenated alkanes) is 2. The summed E-state index contributed by atoms with van der Waals surface area (Å²) in [5, 5.41) is 3.32. The van der Waals surface area contributed by atoms with E-state index >= 15 is 0 Å². The van der Waals surface area contributed by atoms with E-state index in [1.54, 1.807) is 0 Å². The molecule has 1 aliphatic heterocycles. The predicted molar refractivity (Wildman–Crippen MR) is 70.6 cm³/mol. The van der Waals surface area contributed by atoms with Crippen molar-refractivity contribution in [3.63, 3.8) is 0 Å². The molecule has 3 nitrogen and oxygen atoms in total. The van der Waals surface area contributed by atoms with Crippen molar-refractivity contribution in [2.24, 2.45) is 0 Å². The van der Waals surface area contributed by atoms with Crippen LogP contribution in [-0.2, 0) is 4.79 Å². The van der Waals surface area contributed by atoms with Gasteiger partial charge in [0.25, 0.3) is 0 Å². The molecule has 0 aliphatic carbocycles. The van der Waals surface area contributed by atoms with E-state index in [4.69, 9.17) is 6.42 Å². The Hall–Kier alpha value is -1.01. The summed E-state index contributed by atoms with van der Waals surface area (Å²) in [6.07, 6.45) is 10.6. The number of hydrogen-bond donors (Lipinski definition) is 1. The van der Waals surface area contributed by atoms with E-state index in [0.717, 1.165) is 51.7 Å². The van der Waals surface area contributed by atoms with Gasteiger partial charge in [0.2, 0.25) is 5.91 Å². The molecule has 1 amide bonds. The second-order valence-corrected chi connectivity index (χ2v) is 4.64. The van der Waals surface area contributed by atoms with E-state index in [1.165, 1.54) is 0 Å². The van der Waals surface area contributed by atoms with Gasteiger partial charge in [0.05, 0.1) is 0 Å². The first-order valence-electron chi connectivity index (χ1n) is 6.73. The number of terminal acetylenes is 1. The zero-order valence-corrected chi connectivity index (χ0v) is 10.9. The highest BCUT2D eigenvalue weighted by molar-refractivity contribution is 5.76. The molecule has 0 aromatic rings. The maximum Gasteiger partial charge on any atom is 0.222 e. The van der Waals surface area contributed by atoms with E-state index in [-0.39, 0.29) is 0 Å². The molecule has 0 aromatic heterocycles. The fraction of sp³-hybridized carbons (Fsp3) is 0.786. The molecule has 1 N–H and O–H groups in total. The molecule has 1 heterocycles. The third-order valence-electron chi connectivity index (χ3n) is 3.22. The first kappa shape index (κ1) is 14.1. The summed E-state index contributed by atoms with van der Waals surface area (Å²) in [4.78, 5) is 14.2. The lowest BCUT2D eigenvalue weighted by atomic mass is 10.1. The number of carbonyl (C=O) groups is 1. The van der Waals surface area contributed by atoms with Crippen LogP contribution in [0.2, 0.25) is 0 Å². The van der Waals surface area contributed by atoms with Crippen LogP contribution in [0.1, 0.15) is 45.4 Å². The molecular weight excluding hydrogens is 212 g/mol. The third-order valence-corrected chi connectivity index (χ3v) is 3.22. The van der Waals surface area contributed by atoms with Crippen molar-refractivity contribution >= 4 is 5.91 Å². The van der Waals surface area contributed by atoms with Gasteiger partial charge >= 0.3 is 0 Å². The molecule has 1 saturated heterocycles. The lowest BCUT2D eigenvalue weighted by Gasteiger charge is -2.28. The molecule has 1 fully saturated rings. The van der Waals surface area contributed by atoms with E-state index in [1.807, 2.05) is 0 Å². The zero-order chi connectivity index (χ0) is 12.5. The highest BCUT2D eigenvalue weighted by Gasteiger charge is 2.25. The minimum atomic E-state index is 0.303. The van der Waals surface area contributed by atoms with Crippen molar-refractivity contribution in [1.82, 2.24) is 10.2 Å². The maximum atomic E-state index is 12.1. The van der Waals surface area contributed by atoms with Crippen molar-refractivity contribution in [3.8, 4) is 12.3 Å². The fourth-order valence-electron chi connectivity index (χ4n) is 2.30. The molecule has 0 bridgehead atoms. The van der Waals surface area contributed by atoms with Gasteiger partial charge in [-0.15, -0.1) is 12.3 Å². The van der Waals surface area contributed by atoms with Crippen molar-refractivity contribution in [2.45, 2.75) is 51.5 Å². The molecule has 1 unspecified atom stereocenters. The normalized spacial score (nSPS) is 18.9. The number of hydrogen-bond acceptors (Lipinski definition) is 2. The van der Waals surface area contributed by atoms with Gasteiger partial charge in [0.1, 0.15) is 0 Å². The van der Waals surface area contributed by atoms with Crippen LogP contribution >= 0.6 is 0 Å². The third kappa shape index (κ3) is 4.79. The highest BCUT2D eigenvalue weighted by Crippen LogP contribution is 2.12. The Balaban J connectivity index is 2.35. The van der Waals surface area contributed by atoms with Crippen LogP contribution in [0.15, 0.2) is 0 Å². The summed E-state index contributed by atoms with van der Waals surface area (Å²) < 4.78 is 0. The molecule has 0 saturated carbocycles. The molecule has 17 heavy (non-hydrogen) atoms. The Bertz CT molecular complexity index is 264. The van der Waals surface area contributed by atoms with Crippen molar-refractivity contribution in [1.29, 1.82) is 0 Å². The molecule has 1 aliphatic rings. The topological polar surface area (TPSA) is 32.3 Å². The molecule has 1 rings (SSSR count). The van der Waals surface area contributed by atoms with Crippen LogP contribution in [0, 0.1) is 12.3 Å². The average Bonchev–Trinajstić information content (AvgIpc) is 2.85. The predicted octanol–water partition coefficient (Wildman–Crippen LogP) is 1.78. The molecule has 0 aromatic carbocycles. The number of nitrogens with zero attached hydrogens (tertiary/aromatic N) is 1. The highest BCUT2D eigenvalue weighted by atomic mass is 16.2. The van der Waals surface area contributed by atoms with Crippen molar-refractivity contribution in [2.75, 3.05) is 19.6 Å². The summed E-state index contributed by atoms with van der Waals surface area (Å²) in [5.74, 6) is 2.92. The van der Waals surface area contributed by atoms with E-state index in [9.17, 15) is 4.79 Å². The molecule has 1 atom stereocenters.